The molecule has 0 spiro atoms. The van der Waals surface area contributed by atoms with Gasteiger partial charge in [0.15, 0.2) is 11.4 Å². The first-order chi connectivity index (χ1) is 11.9. The SMILES string of the molecule is CCOC(=O)CNC(=O)c1ncc(OS(=O)(=O)C(F)(F)F)c(C)c1OO. The van der Waals surface area contributed by atoms with E-state index in [1.165, 1.54) is 6.92 Å². The standard InChI is InChI=1S/C12H13F3N2O8S/c1-3-23-8(18)5-17-11(19)9-10(24-20)6(2)7(4-16-9)25-26(21,22)12(13,14)15/h4,20H,3,5H2,1-2H3,(H,17,19). The van der Waals surface area contributed by atoms with E-state index in [-0.39, 0.29) is 6.61 Å². The molecule has 0 saturated heterocycles. The summed E-state index contributed by atoms with van der Waals surface area (Å²) in [6.45, 7) is 2.06. The molecule has 0 aliphatic carbocycles. The van der Waals surface area contributed by atoms with Crippen LogP contribution in [0.4, 0.5) is 13.2 Å². The number of hydrogen-bond donors (Lipinski definition) is 2. The number of nitrogens with zero attached hydrogens (tertiary/aromatic N) is 1. The molecule has 0 unspecified atom stereocenters. The van der Waals surface area contributed by atoms with Gasteiger partial charge in [0.25, 0.3) is 5.91 Å². The lowest BCUT2D eigenvalue weighted by molar-refractivity contribution is -0.141. The van der Waals surface area contributed by atoms with Crippen LogP contribution in [0.1, 0.15) is 23.0 Å². The lowest BCUT2D eigenvalue weighted by atomic mass is 10.2. The Hall–Kier alpha value is -2.61. The number of hydrogen-bond acceptors (Lipinski definition) is 9. The zero-order valence-electron chi connectivity index (χ0n) is 13.3. The van der Waals surface area contributed by atoms with Crippen LogP contribution in [0.5, 0.6) is 11.5 Å². The number of esters is 1. The van der Waals surface area contributed by atoms with Gasteiger partial charge in [-0.15, -0.1) is 0 Å². The summed E-state index contributed by atoms with van der Waals surface area (Å²) in [5.41, 5.74) is -6.79. The van der Waals surface area contributed by atoms with E-state index in [0.29, 0.717) is 6.20 Å². The zero-order valence-corrected chi connectivity index (χ0v) is 14.1. The van der Waals surface area contributed by atoms with Gasteiger partial charge in [-0.05, 0) is 13.8 Å². The van der Waals surface area contributed by atoms with Crippen molar-refractivity contribution in [3.8, 4) is 11.5 Å². The first-order valence-corrected chi connectivity index (χ1v) is 8.11. The topological polar surface area (TPSA) is 141 Å². The van der Waals surface area contributed by atoms with E-state index in [1.807, 2.05) is 0 Å². The number of pyridine rings is 1. The van der Waals surface area contributed by atoms with Crippen molar-refractivity contribution < 1.29 is 50.2 Å². The Bertz CT molecular complexity index is 794. The van der Waals surface area contributed by atoms with Crippen LogP contribution in [0, 0.1) is 6.92 Å². The number of nitrogens with one attached hydrogen (secondary N) is 1. The highest BCUT2D eigenvalue weighted by Gasteiger charge is 2.49. The molecule has 0 fully saturated rings. The van der Waals surface area contributed by atoms with Gasteiger partial charge in [0.2, 0.25) is 5.75 Å². The van der Waals surface area contributed by atoms with E-state index in [1.54, 1.807) is 0 Å². The molecule has 1 aromatic rings. The minimum atomic E-state index is -6.00. The molecule has 2 N–H and O–H groups in total. The second-order valence-electron chi connectivity index (χ2n) is 4.49. The smallest absolute Gasteiger partial charge is 0.465 e. The van der Waals surface area contributed by atoms with Crippen molar-refractivity contribution >= 4 is 22.0 Å². The fraction of sp³-hybridized carbons (Fsp3) is 0.417. The normalized spacial score (nSPS) is 11.6. The highest BCUT2D eigenvalue weighted by Crippen LogP contribution is 2.33. The Kier molecular flexibility index (Phi) is 6.74. The number of amides is 1. The first-order valence-electron chi connectivity index (χ1n) is 6.70. The van der Waals surface area contributed by atoms with Crippen LogP contribution in [-0.4, -0.2) is 49.2 Å². The van der Waals surface area contributed by atoms with Crippen molar-refractivity contribution in [1.82, 2.24) is 10.3 Å². The maximum absolute atomic E-state index is 12.4. The van der Waals surface area contributed by atoms with Gasteiger partial charge in [0.1, 0.15) is 6.54 Å². The molecule has 1 aromatic heterocycles. The van der Waals surface area contributed by atoms with Crippen LogP contribution in [0.25, 0.3) is 0 Å². The third kappa shape index (κ3) is 4.95. The molecule has 0 saturated carbocycles. The Morgan fingerprint density at radius 1 is 1.35 bits per heavy atom. The Balaban J connectivity index is 3.11. The number of halogens is 3. The van der Waals surface area contributed by atoms with Crippen LogP contribution >= 0.6 is 0 Å². The molecule has 1 amide bonds. The maximum Gasteiger partial charge on any atom is 0.534 e. The van der Waals surface area contributed by atoms with Gasteiger partial charge in [-0.25, -0.2) is 10.2 Å². The quantitative estimate of drug-likeness (QED) is 0.222. The fourth-order valence-electron chi connectivity index (χ4n) is 1.54. The summed E-state index contributed by atoms with van der Waals surface area (Å²) in [5, 5.41) is 10.9. The van der Waals surface area contributed by atoms with Gasteiger partial charge in [0.05, 0.1) is 12.8 Å². The Morgan fingerprint density at radius 2 is 1.96 bits per heavy atom. The molecular weight excluding hydrogens is 389 g/mol. The van der Waals surface area contributed by atoms with E-state index < -0.39 is 56.8 Å². The largest absolute Gasteiger partial charge is 0.534 e. The minimum Gasteiger partial charge on any atom is -0.465 e. The second-order valence-corrected chi connectivity index (χ2v) is 6.03. The number of carbonyl (C=O) groups is 2. The molecule has 1 rings (SSSR count). The van der Waals surface area contributed by atoms with Crippen molar-refractivity contribution in [2.45, 2.75) is 19.4 Å². The van der Waals surface area contributed by atoms with Crippen molar-refractivity contribution in [3.63, 3.8) is 0 Å². The summed E-state index contributed by atoms with van der Waals surface area (Å²) in [4.78, 5) is 30.4. The first kappa shape index (κ1) is 21.4. The highest BCUT2D eigenvalue weighted by molar-refractivity contribution is 7.88. The van der Waals surface area contributed by atoms with Crippen LogP contribution < -0.4 is 14.4 Å². The number of alkyl halides is 3. The summed E-state index contributed by atoms with van der Waals surface area (Å²) in [7, 11) is -6.00. The number of ether oxygens (including phenoxy) is 1. The molecule has 0 atom stereocenters. The molecule has 0 aliphatic heterocycles. The van der Waals surface area contributed by atoms with E-state index in [4.69, 9.17) is 5.26 Å². The van der Waals surface area contributed by atoms with Gasteiger partial charge in [-0.2, -0.15) is 21.6 Å². The maximum atomic E-state index is 12.4. The average Bonchev–Trinajstić information content (AvgIpc) is 2.53. The van der Waals surface area contributed by atoms with Crippen LogP contribution in [0.15, 0.2) is 6.20 Å². The van der Waals surface area contributed by atoms with Gasteiger partial charge in [-0.1, -0.05) is 0 Å². The van der Waals surface area contributed by atoms with Crippen molar-refractivity contribution in [2.24, 2.45) is 0 Å². The summed E-state index contributed by atoms with van der Waals surface area (Å²) >= 11 is 0. The number of aromatic nitrogens is 1. The third-order valence-electron chi connectivity index (χ3n) is 2.72. The molecule has 1 heterocycles. The fourth-order valence-corrected chi connectivity index (χ4v) is 2.04. The van der Waals surface area contributed by atoms with Crippen molar-refractivity contribution in [2.75, 3.05) is 13.2 Å². The van der Waals surface area contributed by atoms with E-state index in [2.05, 4.69) is 24.1 Å². The predicted octanol–water partition coefficient (Wildman–Crippen LogP) is 0.763. The summed E-state index contributed by atoms with van der Waals surface area (Å²) in [6.07, 6.45) is 0.514. The van der Waals surface area contributed by atoms with Gasteiger partial charge < -0.3 is 19.1 Å². The molecule has 0 bridgehead atoms. The van der Waals surface area contributed by atoms with Crippen molar-refractivity contribution in [3.05, 3.63) is 17.5 Å². The molecule has 0 radical (unpaired) electrons. The van der Waals surface area contributed by atoms with E-state index in [0.717, 1.165) is 6.92 Å². The minimum absolute atomic E-state index is 0.0662. The van der Waals surface area contributed by atoms with Crippen LogP contribution in [0.2, 0.25) is 0 Å². The molecule has 10 nitrogen and oxygen atoms in total. The molecule has 0 aliphatic rings. The molecule has 14 heteroatoms. The number of carbonyl (C=O) groups excluding carboxylic acids is 2. The molecule has 0 aromatic carbocycles. The van der Waals surface area contributed by atoms with Gasteiger partial charge in [0, 0.05) is 5.56 Å². The Labute approximate surface area is 144 Å². The van der Waals surface area contributed by atoms with E-state index in [9.17, 15) is 31.2 Å². The zero-order chi connectivity index (χ0) is 20.1. The second kappa shape index (κ2) is 8.18. The average molecular weight is 402 g/mol. The summed E-state index contributed by atoms with van der Waals surface area (Å²) in [5.74, 6) is -3.51. The lowest BCUT2D eigenvalue weighted by Crippen LogP contribution is -2.32. The van der Waals surface area contributed by atoms with Gasteiger partial charge >= 0.3 is 21.6 Å². The van der Waals surface area contributed by atoms with Crippen molar-refractivity contribution in [1.29, 1.82) is 0 Å². The lowest BCUT2D eigenvalue weighted by Gasteiger charge is -2.14. The predicted molar refractivity (Wildman–Crippen MR) is 76.8 cm³/mol. The molecular formula is C12H13F3N2O8S. The number of rotatable bonds is 7. The van der Waals surface area contributed by atoms with Gasteiger partial charge in [-0.3, -0.25) is 9.59 Å². The third-order valence-corrected chi connectivity index (χ3v) is 3.69. The summed E-state index contributed by atoms with van der Waals surface area (Å²) in [6, 6.07) is 0. The Morgan fingerprint density at radius 3 is 2.46 bits per heavy atom. The molecule has 146 valence electrons. The van der Waals surface area contributed by atoms with Crippen LogP contribution in [-0.2, 0) is 19.6 Å². The monoisotopic (exact) mass is 402 g/mol. The van der Waals surface area contributed by atoms with E-state index >= 15 is 0 Å². The molecule has 26 heavy (non-hydrogen) atoms. The highest BCUT2D eigenvalue weighted by atomic mass is 32.2. The van der Waals surface area contributed by atoms with Crippen LogP contribution in [0.3, 0.4) is 0 Å². The summed E-state index contributed by atoms with van der Waals surface area (Å²) < 4.78 is 67.6.